The average Bonchev–Trinajstić information content (AvgIpc) is 3.63. The van der Waals surface area contributed by atoms with E-state index in [-0.39, 0.29) is 23.3 Å². The van der Waals surface area contributed by atoms with Crippen molar-refractivity contribution in [2.24, 2.45) is 5.92 Å². The van der Waals surface area contributed by atoms with Crippen LogP contribution in [0.15, 0.2) is 30.3 Å². The Morgan fingerprint density at radius 2 is 1.80 bits per heavy atom. The zero-order valence-electron chi connectivity index (χ0n) is 23.3. The Bertz CT molecular complexity index is 1240. The Hall–Kier alpha value is -3.20. The molecule has 5 rings (SSSR count). The number of hydrogen-bond donors (Lipinski definition) is 2. The quantitative estimate of drug-likeness (QED) is 0.395. The molecule has 2 aromatic carbocycles. The SMILES string of the molecule is CC(C)Nc1ccc(F)cc1CN1CCC(COc2cc(F)c(C(=O)N3CCCC3C(=O)O)cc2C2CC2)CC1. The number of nitrogens with one attached hydrogen (secondary N) is 1. The first-order valence-corrected chi connectivity index (χ1v) is 14.5. The van der Waals surface area contributed by atoms with Crippen LogP contribution in [0.4, 0.5) is 14.5 Å². The van der Waals surface area contributed by atoms with Gasteiger partial charge in [-0.2, -0.15) is 0 Å². The van der Waals surface area contributed by atoms with Crippen LogP contribution in [0.3, 0.4) is 0 Å². The van der Waals surface area contributed by atoms with Crippen LogP contribution in [-0.4, -0.2) is 65.1 Å². The van der Waals surface area contributed by atoms with E-state index in [1.807, 2.05) is 0 Å². The number of amides is 1. The fraction of sp³-hybridized carbons (Fsp3) is 0.548. The number of ether oxygens (including phenoxy) is 1. The summed E-state index contributed by atoms with van der Waals surface area (Å²) < 4.78 is 35.3. The van der Waals surface area contributed by atoms with E-state index in [0.29, 0.717) is 44.2 Å². The number of carbonyl (C=O) groups is 2. The molecular weight excluding hydrogens is 516 g/mol. The van der Waals surface area contributed by atoms with E-state index in [0.717, 1.165) is 55.6 Å². The van der Waals surface area contributed by atoms with Crippen LogP contribution in [0.5, 0.6) is 5.75 Å². The van der Waals surface area contributed by atoms with Gasteiger partial charge in [0.2, 0.25) is 0 Å². The molecule has 1 aliphatic carbocycles. The highest BCUT2D eigenvalue weighted by Crippen LogP contribution is 2.45. The van der Waals surface area contributed by atoms with Gasteiger partial charge < -0.3 is 20.1 Å². The molecule has 1 unspecified atom stereocenters. The van der Waals surface area contributed by atoms with Crippen LogP contribution in [0, 0.1) is 17.6 Å². The summed E-state index contributed by atoms with van der Waals surface area (Å²) in [6, 6.07) is 7.15. The number of anilines is 1. The van der Waals surface area contributed by atoms with Gasteiger partial charge in [0.05, 0.1) is 12.2 Å². The van der Waals surface area contributed by atoms with E-state index in [1.165, 1.54) is 17.0 Å². The van der Waals surface area contributed by atoms with Crippen molar-refractivity contribution >= 4 is 17.6 Å². The molecule has 1 saturated carbocycles. The second-order valence-electron chi connectivity index (χ2n) is 11.8. The highest BCUT2D eigenvalue weighted by molar-refractivity contribution is 5.97. The minimum atomic E-state index is -1.05. The maximum atomic E-state index is 15.2. The van der Waals surface area contributed by atoms with Crippen molar-refractivity contribution in [3.8, 4) is 5.75 Å². The largest absolute Gasteiger partial charge is 0.493 e. The molecule has 0 bridgehead atoms. The van der Waals surface area contributed by atoms with Crippen molar-refractivity contribution in [1.29, 1.82) is 0 Å². The third-order valence-electron chi connectivity index (χ3n) is 8.23. The van der Waals surface area contributed by atoms with Crippen molar-refractivity contribution in [2.45, 2.75) is 76.9 Å². The lowest BCUT2D eigenvalue weighted by molar-refractivity contribution is -0.141. The van der Waals surface area contributed by atoms with Gasteiger partial charge >= 0.3 is 5.97 Å². The van der Waals surface area contributed by atoms with Gasteiger partial charge in [-0.15, -0.1) is 0 Å². The normalized spacial score (nSPS) is 20.2. The molecule has 3 aliphatic rings. The fourth-order valence-electron chi connectivity index (χ4n) is 5.90. The standard InChI is InChI=1S/C31H39F2N3O4/c1-19(2)34-27-8-7-23(32)14-22(27)17-35-12-9-20(10-13-35)18-40-29-16-26(33)25(15-24(29)21-5-6-21)30(37)36-11-3-4-28(36)31(38)39/h7-8,14-16,19-21,28,34H,3-6,9-13,17-18H2,1-2H3,(H,38,39). The zero-order chi connectivity index (χ0) is 28.4. The number of hydrogen-bond acceptors (Lipinski definition) is 5. The molecule has 2 heterocycles. The Kier molecular flexibility index (Phi) is 8.59. The van der Waals surface area contributed by atoms with Gasteiger partial charge in [0, 0.05) is 30.9 Å². The number of nitrogens with zero attached hydrogens (tertiary/aromatic N) is 2. The highest BCUT2D eigenvalue weighted by atomic mass is 19.1. The topological polar surface area (TPSA) is 82.1 Å². The van der Waals surface area contributed by atoms with Crippen molar-refractivity contribution in [2.75, 3.05) is 31.6 Å². The van der Waals surface area contributed by atoms with Crippen molar-refractivity contribution in [3.05, 3.63) is 58.7 Å². The van der Waals surface area contributed by atoms with Crippen molar-refractivity contribution < 1.29 is 28.2 Å². The van der Waals surface area contributed by atoms with Gasteiger partial charge in [0.15, 0.2) is 0 Å². The van der Waals surface area contributed by atoms with Gasteiger partial charge in [-0.1, -0.05) is 0 Å². The van der Waals surface area contributed by atoms with E-state index in [2.05, 4.69) is 24.1 Å². The number of piperidine rings is 1. The molecule has 2 N–H and O–H groups in total. The van der Waals surface area contributed by atoms with E-state index in [9.17, 15) is 19.1 Å². The Labute approximate surface area is 234 Å². The number of carboxylic acids is 1. The third kappa shape index (κ3) is 6.57. The summed E-state index contributed by atoms with van der Waals surface area (Å²) in [6.45, 7) is 7.31. The lowest BCUT2D eigenvalue weighted by Crippen LogP contribution is -2.40. The maximum absolute atomic E-state index is 15.2. The van der Waals surface area contributed by atoms with Crippen LogP contribution in [0.25, 0.3) is 0 Å². The molecule has 0 aromatic heterocycles. The Balaban J connectivity index is 1.20. The number of carbonyl (C=O) groups excluding carboxylic acids is 1. The lowest BCUT2D eigenvalue weighted by atomic mass is 9.97. The molecule has 1 amide bonds. The first kappa shape index (κ1) is 28.3. The molecule has 216 valence electrons. The van der Waals surface area contributed by atoms with Crippen molar-refractivity contribution in [1.82, 2.24) is 9.80 Å². The summed E-state index contributed by atoms with van der Waals surface area (Å²) in [6.07, 6.45) is 4.75. The molecule has 40 heavy (non-hydrogen) atoms. The zero-order valence-corrected chi connectivity index (χ0v) is 23.3. The first-order chi connectivity index (χ1) is 19.2. The summed E-state index contributed by atoms with van der Waals surface area (Å²) in [5, 5.41) is 12.9. The van der Waals surface area contributed by atoms with Crippen LogP contribution in [0.2, 0.25) is 0 Å². The fourth-order valence-corrected chi connectivity index (χ4v) is 5.90. The van der Waals surface area contributed by atoms with Crippen LogP contribution in [0.1, 0.15) is 79.8 Å². The minimum Gasteiger partial charge on any atom is -0.493 e. The van der Waals surface area contributed by atoms with Crippen LogP contribution < -0.4 is 10.1 Å². The van der Waals surface area contributed by atoms with Gasteiger partial charge in [-0.25, -0.2) is 13.6 Å². The molecule has 2 aromatic rings. The third-order valence-corrected chi connectivity index (χ3v) is 8.23. The molecular formula is C31H39F2N3O4. The number of benzene rings is 2. The first-order valence-electron chi connectivity index (χ1n) is 14.5. The van der Waals surface area contributed by atoms with E-state index in [4.69, 9.17) is 4.74 Å². The smallest absolute Gasteiger partial charge is 0.326 e. The predicted molar refractivity (Wildman–Crippen MR) is 149 cm³/mol. The number of aliphatic carboxylic acids is 1. The molecule has 7 nitrogen and oxygen atoms in total. The van der Waals surface area contributed by atoms with Gasteiger partial charge in [0.1, 0.15) is 23.4 Å². The highest BCUT2D eigenvalue weighted by Gasteiger charge is 2.37. The summed E-state index contributed by atoms with van der Waals surface area (Å²) in [5.74, 6) is -1.49. The average molecular weight is 556 g/mol. The number of likely N-dealkylation sites (tertiary alicyclic amines) is 2. The van der Waals surface area contributed by atoms with Gasteiger partial charge in [0.25, 0.3) is 5.91 Å². The Morgan fingerprint density at radius 1 is 1.05 bits per heavy atom. The van der Waals surface area contributed by atoms with E-state index in [1.54, 1.807) is 18.2 Å². The van der Waals surface area contributed by atoms with Crippen LogP contribution >= 0.6 is 0 Å². The summed E-state index contributed by atoms with van der Waals surface area (Å²) in [4.78, 5) is 28.3. The second kappa shape index (κ2) is 12.1. The predicted octanol–water partition coefficient (Wildman–Crippen LogP) is 5.64. The molecule has 2 aliphatic heterocycles. The molecule has 0 radical (unpaired) electrons. The molecule has 9 heteroatoms. The molecule has 2 saturated heterocycles. The van der Waals surface area contributed by atoms with E-state index >= 15 is 4.39 Å². The van der Waals surface area contributed by atoms with Gasteiger partial charge in [-0.05, 0) is 113 Å². The van der Waals surface area contributed by atoms with Crippen molar-refractivity contribution in [3.63, 3.8) is 0 Å². The number of halogens is 2. The monoisotopic (exact) mass is 555 g/mol. The Morgan fingerprint density at radius 3 is 2.48 bits per heavy atom. The molecule has 3 fully saturated rings. The summed E-state index contributed by atoms with van der Waals surface area (Å²) in [7, 11) is 0. The second-order valence-corrected chi connectivity index (χ2v) is 11.8. The van der Waals surface area contributed by atoms with Crippen LogP contribution in [-0.2, 0) is 11.3 Å². The maximum Gasteiger partial charge on any atom is 0.326 e. The minimum absolute atomic E-state index is 0.0700. The van der Waals surface area contributed by atoms with Gasteiger partial charge in [-0.3, -0.25) is 9.69 Å². The summed E-state index contributed by atoms with van der Waals surface area (Å²) >= 11 is 0. The molecule has 0 spiro atoms. The lowest BCUT2D eigenvalue weighted by Gasteiger charge is -2.32. The number of rotatable bonds is 10. The molecule has 1 atom stereocenters. The number of carboxylic acid groups (broad SMARTS) is 1. The summed E-state index contributed by atoms with van der Waals surface area (Å²) in [5.41, 5.74) is 2.68. The van der Waals surface area contributed by atoms with E-state index < -0.39 is 23.7 Å².